The molecular weight excluding hydrogens is 364 g/mol. The lowest BCUT2D eigenvalue weighted by Gasteiger charge is -2.10. The number of benzene rings is 1. The van der Waals surface area contributed by atoms with Gasteiger partial charge in [0.2, 0.25) is 0 Å². The van der Waals surface area contributed by atoms with E-state index in [2.05, 4.69) is 4.98 Å². The Hall–Kier alpha value is -2.92. The number of hydrogen-bond donors (Lipinski definition) is 0. The van der Waals surface area contributed by atoms with Crippen molar-refractivity contribution in [3.63, 3.8) is 0 Å². The van der Waals surface area contributed by atoms with Gasteiger partial charge in [0.25, 0.3) is 5.56 Å². The lowest BCUT2D eigenvalue weighted by Crippen LogP contribution is -2.18. The second-order valence-corrected chi connectivity index (χ2v) is 6.48. The number of aromatic nitrogens is 2. The van der Waals surface area contributed by atoms with E-state index in [9.17, 15) is 9.59 Å². The van der Waals surface area contributed by atoms with E-state index in [4.69, 9.17) is 16.3 Å². The number of nitrogens with zero attached hydrogens (tertiary/aromatic N) is 2. The summed E-state index contributed by atoms with van der Waals surface area (Å²) in [5.41, 5.74) is 3.11. The molecule has 0 saturated heterocycles. The zero-order valence-corrected chi connectivity index (χ0v) is 15.6. The quantitative estimate of drug-likeness (QED) is 0.610. The normalized spacial score (nSPS) is 10.6. The van der Waals surface area contributed by atoms with Gasteiger partial charge in [0.1, 0.15) is 0 Å². The standard InChI is InChI=1S/C21H19ClN2O3/c1-2-27-21(26)18-10-16(12-23-13-18)9-15-6-7-17(19(22)11-15)14-24-8-4-3-5-20(24)25/h3-8,10-13H,2,9,14H2,1H3. The molecular formula is C21H19ClN2O3. The third-order valence-corrected chi connectivity index (χ3v) is 4.42. The maximum absolute atomic E-state index is 11.9. The van der Waals surface area contributed by atoms with Crippen molar-refractivity contribution >= 4 is 17.6 Å². The number of pyridine rings is 2. The van der Waals surface area contributed by atoms with E-state index in [1.807, 2.05) is 24.3 Å². The number of hydrogen-bond acceptors (Lipinski definition) is 4. The summed E-state index contributed by atoms with van der Waals surface area (Å²) in [6.45, 7) is 2.51. The van der Waals surface area contributed by atoms with Gasteiger partial charge in [-0.1, -0.05) is 29.8 Å². The summed E-state index contributed by atoms with van der Waals surface area (Å²) in [7, 11) is 0. The van der Waals surface area contributed by atoms with Gasteiger partial charge < -0.3 is 9.30 Å². The lowest BCUT2D eigenvalue weighted by molar-refractivity contribution is 0.0525. The number of carbonyl (C=O) groups is 1. The molecule has 0 spiro atoms. The van der Waals surface area contributed by atoms with Crippen LogP contribution in [-0.2, 0) is 17.7 Å². The van der Waals surface area contributed by atoms with Crippen molar-refractivity contribution in [3.05, 3.63) is 98.7 Å². The van der Waals surface area contributed by atoms with Gasteiger partial charge in [-0.25, -0.2) is 4.79 Å². The summed E-state index contributed by atoms with van der Waals surface area (Å²) in [6, 6.07) is 12.6. The first kappa shape index (κ1) is 18.9. The second-order valence-electron chi connectivity index (χ2n) is 6.07. The highest BCUT2D eigenvalue weighted by Gasteiger charge is 2.09. The van der Waals surface area contributed by atoms with Gasteiger partial charge in [0.15, 0.2) is 0 Å². The van der Waals surface area contributed by atoms with Crippen molar-refractivity contribution in [2.24, 2.45) is 0 Å². The summed E-state index contributed by atoms with van der Waals surface area (Å²) in [5, 5.41) is 0.595. The fourth-order valence-electron chi connectivity index (χ4n) is 2.75. The van der Waals surface area contributed by atoms with E-state index in [0.717, 1.165) is 16.7 Å². The molecule has 0 bridgehead atoms. The van der Waals surface area contributed by atoms with Crippen LogP contribution in [0.15, 0.2) is 65.8 Å². The Morgan fingerprint density at radius 2 is 2.00 bits per heavy atom. The molecule has 0 N–H and O–H groups in total. The highest BCUT2D eigenvalue weighted by molar-refractivity contribution is 6.31. The van der Waals surface area contributed by atoms with Crippen LogP contribution in [-0.4, -0.2) is 22.1 Å². The van der Waals surface area contributed by atoms with Crippen LogP contribution in [0.4, 0.5) is 0 Å². The smallest absolute Gasteiger partial charge is 0.339 e. The molecule has 3 aromatic rings. The number of rotatable bonds is 6. The Labute approximate surface area is 162 Å². The molecule has 2 heterocycles. The van der Waals surface area contributed by atoms with Crippen LogP contribution in [0, 0.1) is 0 Å². The fourth-order valence-corrected chi connectivity index (χ4v) is 3.01. The monoisotopic (exact) mass is 382 g/mol. The van der Waals surface area contributed by atoms with Crippen LogP contribution in [0.3, 0.4) is 0 Å². The molecule has 0 fully saturated rings. The summed E-state index contributed by atoms with van der Waals surface area (Å²) >= 11 is 6.42. The number of halogens is 1. The third-order valence-electron chi connectivity index (χ3n) is 4.07. The van der Waals surface area contributed by atoms with Crippen LogP contribution in [0.25, 0.3) is 0 Å². The fraction of sp³-hybridized carbons (Fsp3) is 0.190. The number of esters is 1. The first-order valence-electron chi connectivity index (χ1n) is 8.60. The van der Waals surface area contributed by atoms with Gasteiger partial charge in [0, 0.05) is 29.7 Å². The Bertz CT molecular complexity index is 1010. The van der Waals surface area contributed by atoms with Gasteiger partial charge in [-0.05, 0) is 48.2 Å². The van der Waals surface area contributed by atoms with E-state index in [-0.39, 0.29) is 11.5 Å². The average molecular weight is 383 g/mol. The predicted octanol–water partition coefficient (Wildman–Crippen LogP) is 3.71. The third kappa shape index (κ3) is 4.83. The van der Waals surface area contributed by atoms with E-state index in [1.54, 1.807) is 36.0 Å². The molecule has 0 aliphatic rings. The first-order chi connectivity index (χ1) is 13.1. The van der Waals surface area contributed by atoms with E-state index in [1.165, 1.54) is 12.3 Å². The Morgan fingerprint density at radius 3 is 2.74 bits per heavy atom. The summed E-state index contributed by atoms with van der Waals surface area (Å²) < 4.78 is 6.61. The van der Waals surface area contributed by atoms with E-state index >= 15 is 0 Å². The molecule has 0 amide bonds. The largest absolute Gasteiger partial charge is 0.462 e. The maximum Gasteiger partial charge on any atom is 0.339 e. The molecule has 0 saturated carbocycles. The van der Waals surface area contributed by atoms with E-state index in [0.29, 0.717) is 30.2 Å². The van der Waals surface area contributed by atoms with E-state index < -0.39 is 0 Å². The lowest BCUT2D eigenvalue weighted by atomic mass is 10.0. The van der Waals surface area contributed by atoms with Gasteiger partial charge in [0.05, 0.1) is 18.7 Å². The SMILES string of the molecule is CCOC(=O)c1cncc(Cc2ccc(Cn3ccccc3=O)c(Cl)c2)c1. The molecule has 138 valence electrons. The molecule has 0 aliphatic carbocycles. The Morgan fingerprint density at radius 1 is 1.15 bits per heavy atom. The molecule has 6 heteroatoms. The number of carbonyl (C=O) groups excluding carboxylic acids is 1. The van der Waals surface area contributed by atoms with Crippen LogP contribution in [0.1, 0.15) is 34.0 Å². The number of ether oxygens (including phenoxy) is 1. The van der Waals surface area contributed by atoms with Gasteiger partial charge in [-0.2, -0.15) is 0 Å². The molecule has 0 atom stereocenters. The van der Waals surface area contributed by atoms with Crippen molar-refractivity contribution < 1.29 is 9.53 Å². The highest BCUT2D eigenvalue weighted by Crippen LogP contribution is 2.21. The maximum atomic E-state index is 11.9. The van der Waals surface area contributed by atoms with Crippen LogP contribution < -0.4 is 5.56 Å². The van der Waals surface area contributed by atoms with Crippen molar-refractivity contribution in [1.29, 1.82) is 0 Å². The van der Waals surface area contributed by atoms with Crippen LogP contribution >= 0.6 is 11.6 Å². The highest BCUT2D eigenvalue weighted by atomic mass is 35.5. The Kier molecular flexibility index (Phi) is 6.04. The van der Waals surface area contributed by atoms with Crippen LogP contribution in [0.5, 0.6) is 0 Å². The Balaban J connectivity index is 1.76. The van der Waals surface area contributed by atoms with Crippen molar-refractivity contribution in [1.82, 2.24) is 9.55 Å². The molecule has 0 radical (unpaired) electrons. The van der Waals surface area contributed by atoms with Gasteiger partial charge in [-0.15, -0.1) is 0 Å². The minimum Gasteiger partial charge on any atom is -0.462 e. The molecule has 0 aliphatic heterocycles. The first-order valence-corrected chi connectivity index (χ1v) is 8.98. The zero-order chi connectivity index (χ0) is 19.2. The topological polar surface area (TPSA) is 61.2 Å². The summed E-state index contributed by atoms with van der Waals surface area (Å²) in [5.74, 6) is -0.381. The molecule has 3 rings (SSSR count). The average Bonchev–Trinajstić information content (AvgIpc) is 2.66. The molecule has 1 aromatic carbocycles. The van der Waals surface area contributed by atoms with Gasteiger partial charge in [-0.3, -0.25) is 9.78 Å². The molecule has 5 nitrogen and oxygen atoms in total. The minimum absolute atomic E-state index is 0.0699. The minimum atomic E-state index is -0.381. The predicted molar refractivity (Wildman–Crippen MR) is 104 cm³/mol. The molecule has 0 unspecified atom stereocenters. The summed E-state index contributed by atoms with van der Waals surface area (Å²) in [4.78, 5) is 27.8. The van der Waals surface area contributed by atoms with Gasteiger partial charge >= 0.3 is 5.97 Å². The molecule has 27 heavy (non-hydrogen) atoms. The molecule has 2 aromatic heterocycles. The van der Waals surface area contributed by atoms with Crippen LogP contribution in [0.2, 0.25) is 5.02 Å². The zero-order valence-electron chi connectivity index (χ0n) is 14.9. The van der Waals surface area contributed by atoms with Crippen molar-refractivity contribution in [2.75, 3.05) is 6.61 Å². The summed E-state index contributed by atoms with van der Waals surface area (Å²) in [6.07, 6.45) is 5.54. The van der Waals surface area contributed by atoms with Crippen molar-refractivity contribution in [2.45, 2.75) is 19.9 Å². The second kappa shape index (κ2) is 8.64. The van der Waals surface area contributed by atoms with Crippen molar-refractivity contribution in [3.8, 4) is 0 Å².